The maximum Gasteiger partial charge on any atom is 0.0486 e. The van der Waals surface area contributed by atoms with Crippen LogP contribution in [0.15, 0.2) is 22.9 Å². The lowest BCUT2D eigenvalue weighted by Gasteiger charge is -2.33. The second kappa shape index (κ2) is 6.00. The van der Waals surface area contributed by atoms with Gasteiger partial charge < -0.3 is 5.73 Å². The highest BCUT2D eigenvalue weighted by Crippen LogP contribution is 2.24. The monoisotopic (exact) mass is 301 g/mol. The van der Waals surface area contributed by atoms with Gasteiger partial charge in [0.2, 0.25) is 0 Å². The highest BCUT2D eigenvalue weighted by Gasteiger charge is 2.21. The molecule has 1 aliphatic rings. The molecule has 16 heavy (non-hydrogen) atoms. The minimum Gasteiger partial charge on any atom is -0.329 e. The Kier molecular flexibility index (Phi) is 4.64. The number of hydrogen-bond acceptors (Lipinski definition) is 4. The largest absolute Gasteiger partial charge is 0.329 e. The highest BCUT2D eigenvalue weighted by molar-refractivity contribution is 9.10. The minimum absolute atomic E-state index is 0.311. The van der Waals surface area contributed by atoms with Gasteiger partial charge in [-0.2, -0.15) is 11.8 Å². The molecule has 2 rings (SSSR count). The number of halogens is 1. The third kappa shape index (κ3) is 2.97. The molecule has 2 N–H and O–H groups in total. The van der Waals surface area contributed by atoms with E-state index in [1.807, 2.05) is 24.2 Å². The van der Waals surface area contributed by atoms with E-state index in [0.29, 0.717) is 12.6 Å². The van der Waals surface area contributed by atoms with Gasteiger partial charge in [-0.05, 0) is 27.6 Å². The standard InChI is InChI=1S/C11H16BrN3S/c12-10-5-9(7-14-8-10)11(6-13)15-1-3-16-4-2-15/h5,7-8,11H,1-4,6,13H2. The molecular formula is C11H16BrN3S. The Bertz CT molecular complexity index is 342. The van der Waals surface area contributed by atoms with Gasteiger partial charge in [0.15, 0.2) is 0 Å². The normalized spacial score (nSPS) is 19.6. The lowest BCUT2D eigenvalue weighted by molar-refractivity contribution is 0.223. The van der Waals surface area contributed by atoms with E-state index in [9.17, 15) is 0 Å². The van der Waals surface area contributed by atoms with E-state index in [-0.39, 0.29) is 0 Å². The first kappa shape index (κ1) is 12.4. The van der Waals surface area contributed by atoms with Gasteiger partial charge in [0.25, 0.3) is 0 Å². The summed E-state index contributed by atoms with van der Waals surface area (Å²) in [6.45, 7) is 2.90. The van der Waals surface area contributed by atoms with E-state index in [0.717, 1.165) is 17.6 Å². The SMILES string of the molecule is NCC(c1cncc(Br)c1)N1CCSCC1. The molecule has 0 aromatic carbocycles. The molecule has 3 nitrogen and oxygen atoms in total. The minimum atomic E-state index is 0.311. The van der Waals surface area contributed by atoms with Crippen LogP contribution in [0, 0.1) is 0 Å². The fourth-order valence-corrected chi connectivity index (χ4v) is 3.31. The van der Waals surface area contributed by atoms with E-state index in [2.05, 4.69) is 31.9 Å². The van der Waals surface area contributed by atoms with Gasteiger partial charge in [0.05, 0.1) is 0 Å². The van der Waals surface area contributed by atoms with Crippen LogP contribution >= 0.6 is 27.7 Å². The smallest absolute Gasteiger partial charge is 0.0486 e. The quantitative estimate of drug-likeness (QED) is 0.926. The van der Waals surface area contributed by atoms with Gasteiger partial charge in [0.1, 0.15) is 0 Å². The predicted molar refractivity (Wildman–Crippen MR) is 72.6 cm³/mol. The van der Waals surface area contributed by atoms with Crippen LogP contribution < -0.4 is 5.73 Å². The maximum absolute atomic E-state index is 5.89. The van der Waals surface area contributed by atoms with Gasteiger partial charge >= 0.3 is 0 Å². The molecule has 0 radical (unpaired) electrons. The van der Waals surface area contributed by atoms with Crippen LogP contribution in [0.1, 0.15) is 11.6 Å². The summed E-state index contributed by atoms with van der Waals surface area (Å²) in [6, 6.07) is 2.43. The molecule has 1 fully saturated rings. The second-order valence-corrected chi connectivity index (χ2v) is 5.98. The number of aromatic nitrogens is 1. The van der Waals surface area contributed by atoms with E-state index in [4.69, 9.17) is 5.73 Å². The molecule has 0 saturated carbocycles. The van der Waals surface area contributed by atoms with Crippen molar-refractivity contribution in [3.63, 3.8) is 0 Å². The van der Waals surface area contributed by atoms with Crippen LogP contribution in [-0.2, 0) is 0 Å². The van der Waals surface area contributed by atoms with Crippen molar-refractivity contribution in [1.29, 1.82) is 0 Å². The molecule has 0 aliphatic carbocycles. The van der Waals surface area contributed by atoms with Crippen molar-refractivity contribution >= 4 is 27.7 Å². The van der Waals surface area contributed by atoms with Gasteiger partial charge in [-0.3, -0.25) is 9.88 Å². The topological polar surface area (TPSA) is 42.1 Å². The van der Waals surface area contributed by atoms with Crippen LogP contribution in [0.3, 0.4) is 0 Å². The van der Waals surface area contributed by atoms with Crippen LogP contribution in [-0.4, -0.2) is 41.0 Å². The Morgan fingerprint density at radius 2 is 2.19 bits per heavy atom. The molecule has 1 atom stereocenters. The first-order chi connectivity index (χ1) is 7.81. The molecule has 1 unspecified atom stereocenters. The number of thioether (sulfide) groups is 1. The molecule has 2 heterocycles. The lowest BCUT2D eigenvalue weighted by Crippen LogP contribution is -2.39. The maximum atomic E-state index is 5.89. The van der Waals surface area contributed by atoms with Crippen molar-refractivity contribution in [2.45, 2.75) is 6.04 Å². The number of pyridine rings is 1. The molecular weight excluding hydrogens is 286 g/mol. The molecule has 0 amide bonds. The molecule has 0 spiro atoms. The van der Waals surface area contributed by atoms with Crippen molar-refractivity contribution in [3.8, 4) is 0 Å². The molecule has 0 bridgehead atoms. The van der Waals surface area contributed by atoms with Crippen molar-refractivity contribution < 1.29 is 0 Å². The zero-order chi connectivity index (χ0) is 11.4. The number of rotatable bonds is 3. The fourth-order valence-electron chi connectivity index (χ4n) is 2.00. The third-order valence-corrected chi connectivity index (χ3v) is 4.20. The highest BCUT2D eigenvalue weighted by atomic mass is 79.9. The predicted octanol–water partition coefficient (Wildman–Crippen LogP) is 1.89. The summed E-state index contributed by atoms with van der Waals surface area (Å²) in [5, 5.41) is 0. The zero-order valence-electron chi connectivity index (χ0n) is 9.10. The van der Waals surface area contributed by atoms with Crippen molar-refractivity contribution in [2.24, 2.45) is 5.73 Å². The number of hydrogen-bond donors (Lipinski definition) is 1. The Labute approximate surface area is 109 Å². The fraction of sp³-hybridized carbons (Fsp3) is 0.545. The van der Waals surface area contributed by atoms with Gasteiger partial charge in [0, 0.05) is 54.0 Å². The van der Waals surface area contributed by atoms with E-state index in [1.165, 1.54) is 17.1 Å². The van der Waals surface area contributed by atoms with Gasteiger partial charge in [-0.1, -0.05) is 0 Å². The third-order valence-electron chi connectivity index (χ3n) is 2.82. The lowest BCUT2D eigenvalue weighted by atomic mass is 10.1. The summed E-state index contributed by atoms with van der Waals surface area (Å²) >= 11 is 5.48. The summed E-state index contributed by atoms with van der Waals surface area (Å²) in [4.78, 5) is 6.67. The summed E-state index contributed by atoms with van der Waals surface area (Å²) in [7, 11) is 0. The van der Waals surface area contributed by atoms with Crippen molar-refractivity contribution in [3.05, 3.63) is 28.5 Å². The summed E-state index contributed by atoms with van der Waals surface area (Å²) < 4.78 is 1.02. The van der Waals surface area contributed by atoms with Crippen LogP contribution in [0.4, 0.5) is 0 Å². The summed E-state index contributed by atoms with van der Waals surface area (Å²) in [5.74, 6) is 2.41. The Balaban J connectivity index is 2.14. The molecule has 1 aromatic rings. The summed E-state index contributed by atoms with van der Waals surface area (Å²) in [5.41, 5.74) is 7.11. The first-order valence-corrected chi connectivity index (χ1v) is 7.38. The molecule has 5 heteroatoms. The number of nitrogens with two attached hydrogens (primary N) is 1. The van der Waals surface area contributed by atoms with E-state index >= 15 is 0 Å². The zero-order valence-corrected chi connectivity index (χ0v) is 11.5. The average Bonchev–Trinajstić information content (AvgIpc) is 2.31. The van der Waals surface area contributed by atoms with Crippen LogP contribution in [0.2, 0.25) is 0 Å². The van der Waals surface area contributed by atoms with E-state index in [1.54, 1.807) is 0 Å². The van der Waals surface area contributed by atoms with E-state index < -0.39 is 0 Å². The Morgan fingerprint density at radius 3 is 2.81 bits per heavy atom. The van der Waals surface area contributed by atoms with Crippen LogP contribution in [0.25, 0.3) is 0 Å². The average molecular weight is 302 g/mol. The Hall–Kier alpha value is -0.100. The van der Waals surface area contributed by atoms with Gasteiger partial charge in [-0.15, -0.1) is 0 Å². The molecule has 88 valence electrons. The van der Waals surface area contributed by atoms with Crippen LogP contribution in [0.5, 0.6) is 0 Å². The van der Waals surface area contributed by atoms with Gasteiger partial charge in [-0.25, -0.2) is 0 Å². The second-order valence-electron chi connectivity index (χ2n) is 3.84. The molecule has 1 aliphatic heterocycles. The first-order valence-electron chi connectivity index (χ1n) is 5.43. The molecule has 1 aromatic heterocycles. The van der Waals surface area contributed by atoms with Crippen molar-refractivity contribution in [2.75, 3.05) is 31.1 Å². The molecule has 1 saturated heterocycles. The van der Waals surface area contributed by atoms with Crippen molar-refractivity contribution in [1.82, 2.24) is 9.88 Å². The Morgan fingerprint density at radius 1 is 1.44 bits per heavy atom. The number of nitrogens with zero attached hydrogens (tertiary/aromatic N) is 2. The summed E-state index contributed by atoms with van der Waals surface area (Å²) in [6.07, 6.45) is 3.73.